The van der Waals surface area contributed by atoms with E-state index in [0.29, 0.717) is 11.8 Å². The van der Waals surface area contributed by atoms with Crippen molar-refractivity contribution in [3.05, 3.63) is 18.1 Å². The molecule has 0 saturated carbocycles. The molecular formula is C12H19N3O. The summed E-state index contributed by atoms with van der Waals surface area (Å²) in [4.78, 5) is 8.40. The maximum Gasteiger partial charge on any atom is 0.216 e. The van der Waals surface area contributed by atoms with Gasteiger partial charge >= 0.3 is 0 Å². The Labute approximate surface area is 96.4 Å². The molecule has 2 heterocycles. The van der Waals surface area contributed by atoms with Crippen LogP contribution in [0, 0.1) is 5.92 Å². The fourth-order valence-corrected chi connectivity index (χ4v) is 1.87. The van der Waals surface area contributed by atoms with E-state index >= 15 is 0 Å². The zero-order chi connectivity index (χ0) is 11.4. The van der Waals surface area contributed by atoms with Crippen molar-refractivity contribution in [1.29, 1.82) is 0 Å². The molecule has 88 valence electrons. The molecule has 1 aliphatic rings. The number of hydrogen-bond donors (Lipinski definition) is 1. The van der Waals surface area contributed by atoms with Gasteiger partial charge in [-0.05, 0) is 25.3 Å². The number of nitrogens with one attached hydrogen (secondary N) is 1. The molecule has 0 bridgehead atoms. The third-order valence-electron chi connectivity index (χ3n) is 2.62. The largest absolute Gasteiger partial charge is 0.473 e. The summed E-state index contributed by atoms with van der Waals surface area (Å²) in [5, 5.41) is 3.27. The van der Waals surface area contributed by atoms with Crippen molar-refractivity contribution in [1.82, 2.24) is 15.3 Å². The minimum absolute atomic E-state index is 0.266. The van der Waals surface area contributed by atoms with Crippen LogP contribution in [0.2, 0.25) is 0 Å². The van der Waals surface area contributed by atoms with Crippen molar-refractivity contribution < 1.29 is 4.74 Å². The molecule has 4 nitrogen and oxygen atoms in total. The summed E-state index contributed by atoms with van der Waals surface area (Å²) in [6.45, 7) is 6.32. The molecule has 0 aromatic carbocycles. The Hall–Kier alpha value is -1.16. The second kappa shape index (κ2) is 5.25. The summed E-state index contributed by atoms with van der Waals surface area (Å²) in [6, 6.07) is 1.96. The third kappa shape index (κ3) is 3.17. The van der Waals surface area contributed by atoms with E-state index in [9.17, 15) is 0 Å². The standard InChI is InChI=1S/C12H19N3O/c1-9(2)5-10-6-12(15-8-14-10)16-11-3-4-13-7-11/h6,8-9,11,13H,3-5,7H2,1-2H3. The van der Waals surface area contributed by atoms with Crippen LogP contribution >= 0.6 is 0 Å². The number of nitrogens with zero attached hydrogens (tertiary/aromatic N) is 2. The van der Waals surface area contributed by atoms with Gasteiger partial charge in [0.15, 0.2) is 0 Å². The van der Waals surface area contributed by atoms with Crippen molar-refractivity contribution in [2.24, 2.45) is 5.92 Å². The molecule has 0 aliphatic carbocycles. The zero-order valence-electron chi connectivity index (χ0n) is 9.94. The van der Waals surface area contributed by atoms with Crippen LogP contribution in [0.3, 0.4) is 0 Å². The summed E-state index contributed by atoms with van der Waals surface area (Å²) in [5.74, 6) is 1.32. The highest BCUT2D eigenvalue weighted by atomic mass is 16.5. The van der Waals surface area contributed by atoms with Gasteiger partial charge in [0.05, 0.1) is 0 Å². The van der Waals surface area contributed by atoms with Crippen LogP contribution in [0.15, 0.2) is 12.4 Å². The number of rotatable bonds is 4. The normalized spacial score (nSPS) is 20.3. The lowest BCUT2D eigenvalue weighted by Crippen LogP contribution is -2.20. The average Bonchev–Trinajstić information content (AvgIpc) is 2.70. The lowest BCUT2D eigenvalue weighted by atomic mass is 10.1. The monoisotopic (exact) mass is 221 g/mol. The molecule has 1 N–H and O–H groups in total. The first-order valence-electron chi connectivity index (χ1n) is 5.92. The van der Waals surface area contributed by atoms with E-state index in [1.807, 2.05) is 6.07 Å². The van der Waals surface area contributed by atoms with Gasteiger partial charge in [0, 0.05) is 18.3 Å². The van der Waals surface area contributed by atoms with Gasteiger partial charge in [-0.15, -0.1) is 0 Å². The summed E-state index contributed by atoms with van der Waals surface area (Å²) in [5.41, 5.74) is 1.06. The highest BCUT2D eigenvalue weighted by molar-refractivity contribution is 5.14. The van der Waals surface area contributed by atoms with E-state index in [2.05, 4.69) is 29.1 Å². The molecule has 1 saturated heterocycles. The predicted molar refractivity (Wildman–Crippen MR) is 62.5 cm³/mol. The minimum atomic E-state index is 0.266. The highest BCUT2D eigenvalue weighted by Crippen LogP contribution is 2.14. The first kappa shape index (κ1) is 11.3. The van der Waals surface area contributed by atoms with Crippen LogP contribution in [-0.4, -0.2) is 29.2 Å². The fraction of sp³-hybridized carbons (Fsp3) is 0.667. The summed E-state index contributed by atoms with van der Waals surface area (Å²) >= 11 is 0. The SMILES string of the molecule is CC(C)Cc1cc(OC2CCNC2)ncn1. The molecule has 4 heteroatoms. The zero-order valence-corrected chi connectivity index (χ0v) is 9.94. The Balaban J connectivity index is 1.97. The van der Waals surface area contributed by atoms with Crippen molar-refractivity contribution in [3.63, 3.8) is 0 Å². The van der Waals surface area contributed by atoms with Gasteiger partial charge in [0.1, 0.15) is 12.4 Å². The van der Waals surface area contributed by atoms with Crippen LogP contribution in [0.5, 0.6) is 5.88 Å². The second-order valence-electron chi connectivity index (χ2n) is 4.68. The van der Waals surface area contributed by atoms with Crippen LogP contribution in [0.25, 0.3) is 0 Å². The van der Waals surface area contributed by atoms with Crippen LogP contribution in [0.4, 0.5) is 0 Å². The smallest absolute Gasteiger partial charge is 0.216 e. The predicted octanol–water partition coefficient (Wildman–Crippen LogP) is 1.42. The molecule has 0 spiro atoms. The average molecular weight is 221 g/mol. The third-order valence-corrected chi connectivity index (χ3v) is 2.62. The van der Waals surface area contributed by atoms with Gasteiger partial charge in [-0.3, -0.25) is 0 Å². The summed E-state index contributed by atoms with van der Waals surface area (Å²) in [7, 11) is 0. The molecule has 1 aliphatic heterocycles. The van der Waals surface area contributed by atoms with E-state index in [-0.39, 0.29) is 6.10 Å². The Bertz CT molecular complexity index is 335. The van der Waals surface area contributed by atoms with Gasteiger partial charge in [-0.2, -0.15) is 0 Å². The van der Waals surface area contributed by atoms with E-state index in [0.717, 1.165) is 31.6 Å². The Morgan fingerprint density at radius 2 is 2.38 bits per heavy atom. The van der Waals surface area contributed by atoms with Crippen molar-refractivity contribution in [2.75, 3.05) is 13.1 Å². The molecule has 1 atom stereocenters. The molecular weight excluding hydrogens is 202 g/mol. The quantitative estimate of drug-likeness (QED) is 0.835. The number of hydrogen-bond acceptors (Lipinski definition) is 4. The van der Waals surface area contributed by atoms with E-state index < -0.39 is 0 Å². The van der Waals surface area contributed by atoms with Gasteiger partial charge in [-0.1, -0.05) is 13.8 Å². The maximum absolute atomic E-state index is 5.78. The molecule has 0 amide bonds. The number of aromatic nitrogens is 2. The molecule has 16 heavy (non-hydrogen) atoms. The Morgan fingerprint density at radius 3 is 3.06 bits per heavy atom. The lowest BCUT2D eigenvalue weighted by Gasteiger charge is -2.12. The van der Waals surface area contributed by atoms with Crippen molar-refractivity contribution >= 4 is 0 Å². The van der Waals surface area contributed by atoms with Gasteiger partial charge < -0.3 is 10.1 Å². The van der Waals surface area contributed by atoms with Gasteiger partial charge in [-0.25, -0.2) is 9.97 Å². The van der Waals surface area contributed by atoms with E-state index in [1.165, 1.54) is 0 Å². The van der Waals surface area contributed by atoms with Gasteiger partial charge in [0.25, 0.3) is 0 Å². The van der Waals surface area contributed by atoms with Crippen molar-refractivity contribution in [2.45, 2.75) is 32.8 Å². The van der Waals surface area contributed by atoms with Crippen molar-refractivity contribution in [3.8, 4) is 5.88 Å². The minimum Gasteiger partial charge on any atom is -0.473 e. The lowest BCUT2D eigenvalue weighted by molar-refractivity contribution is 0.213. The van der Waals surface area contributed by atoms with Crippen LogP contribution in [-0.2, 0) is 6.42 Å². The maximum atomic E-state index is 5.78. The Kier molecular flexibility index (Phi) is 3.72. The second-order valence-corrected chi connectivity index (χ2v) is 4.68. The van der Waals surface area contributed by atoms with Crippen LogP contribution < -0.4 is 10.1 Å². The molecule has 0 radical (unpaired) electrons. The molecule has 1 aromatic heterocycles. The fourth-order valence-electron chi connectivity index (χ4n) is 1.87. The number of ether oxygens (including phenoxy) is 1. The first-order valence-corrected chi connectivity index (χ1v) is 5.92. The van der Waals surface area contributed by atoms with E-state index in [1.54, 1.807) is 6.33 Å². The summed E-state index contributed by atoms with van der Waals surface area (Å²) in [6.07, 6.45) is 3.89. The topological polar surface area (TPSA) is 47.0 Å². The molecule has 1 fully saturated rings. The molecule has 2 rings (SSSR count). The van der Waals surface area contributed by atoms with E-state index in [4.69, 9.17) is 4.74 Å². The Morgan fingerprint density at radius 1 is 1.50 bits per heavy atom. The summed E-state index contributed by atoms with van der Waals surface area (Å²) < 4.78 is 5.78. The molecule has 1 unspecified atom stereocenters. The first-order chi connectivity index (χ1) is 7.74. The van der Waals surface area contributed by atoms with Crippen LogP contribution in [0.1, 0.15) is 26.0 Å². The highest BCUT2D eigenvalue weighted by Gasteiger charge is 2.16. The molecule has 1 aromatic rings. The van der Waals surface area contributed by atoms with Gasteiger partial charge in [0.2, 0.25) is 5.88 Å².